The predicted octanol–water partition coefficient (Wildman–Crippen LogP) is 1.01. The van der Waals surface area contributed by atoms with Gasteiger partial charge in [0.2, 0.25) is 0 Å². The summed E-state index contributed by atoms with van der Waals surface area (Å²) in [6, 6.07) is 6.95. The summed E-state index contributed by atoms with van der Waals surface area (Å²) in [7, 11) is 0. The Morgan fingerprint density at radius 2 is 2.08 bits per heavy atom. The summed E-state index contributed by atoms with van der Waals surface area (Å²) in [5.41, 5.74) is 1.49. The minimum absolute atomic E-state index is 0.280. The zero-order valence-electron chi connectivity index (χ0n) is 7.16. The minimum Gasteiger partial charge on any atom is -0.376 e. The number of carbonyl (C=O) groups is 1. The number of aliphatic hydroxyl groups is 1. The Labute approximate surface area is 76.7 Å². The Balaban J connectivity index is 2.79. The molecular formula is C10H11NO2. The topological polar surface area (TPSA) is 49.3 Å². The molecule has 2 N–H and O–H groups in total. The smallest absolute Gasteiger partial charge is 0.253 e. The molecular weight excluding hydrogens is 166 g/mol. The van der Waals surface area contributed by atoms with Crippen LogP contribution < -0.4 is 5.32 Å². The van der Waals surface area contributed by atoms with Gasteiger partial charge in [-0.25, -0.2) is 0 Å². The molecule has 0 spiro atoms. The van der Waals surface area contributed by atoms with Crippen molar-refractivity contribution in [1.82, 2.24) is 5.32 Å². The zero-order valence-corrected chi connectivity index (χ0v) is 7.16. The van der Waals surface area contributed by atoms with Crippen molar-refractivity contribution < 1.29 is 9.90 Å². The van der Waals surface area contributed by atoms with Gasteiger partial charge in [-0.3, -0.25) is 4.79 Å². The number of nitrogens with one attached hydrogen (secondary N) is 1. The van der Waals surface area contributed by atoms with E-state index in [4.69, 9.17) is 5.11 Å². The van der Waals surface area contributed by atoms with Gasteiger partial charge in [-0.05, 0) is 17.7 Å². The summed E-state index contributed by atoms with van der Waals surface area (Å²) in [5.74, 6) is -0.280. The van der Waals surface area contributed by atoms with Gasteiger partial charge < -0.3 is 10.4 Å². The largest absolute Gasteiger partial charge is 0.376 e. The lowest BCUT2D eigenvalue weighted by Crippen LogP contribution is -2.23. The Bertz CT molecular complexity index is 303. The van der Waals surface area contributed by atoms with E-state index in [0.29, 0.717) is 5.56 Å². The van der Waals surface area contributed by atoms with Crippen molar-refractivity contribution in [2.45, 2.75) is 0 Å². The van der Waals surface area contributed by atoms with Crippen LogP contribution in [0.3, 0.4) is 0 Å². The molecule has 0 unspecified atom stereocenters. The lowest BCUT2D eigenvalue weighted by molar-refractivity contribution is 0.0910. The Hall–Kier alpha value is -1.61. The highest BCUT2D eigenvalue weighted by Crippen LogP contribution is 2.04. The third kappa shape index (κ3) is 2.42. The molecule has 0 atom stereocenters. The first-order valence-corrected chi connectivity index (χ1v) is 3.89. The third-order valence-corrected chi connectivity index (χ3v) is 1.65. The van der Waals surface area contributed by atoms with E-state index in [1.54, 1.807) is 30.3 Å². The van der Waals surface area contributed by atoms with Gasteiger partial charge in [0, 0.05) is 5.56 Å². The molecule has 0 aliphatic heterocycles. The SMILES string of the molecule is C=Cc1ccc(C(=O)NCO)cc1. The number of aliphatic hydroxyl groups excluding tert-OH is 1. The summed E-state index contributed by atoms with van der Waals surface area (Å²) < 4.78 is 0. The molecule has 1 aromatic rings. The maximum Gasteiger partial charge on any atom is 0.253 e. The highest BCUT2D eigenvalue weighted by Gasteiger charge is 2.01. The van der Waals surface area contributed by atoms with Crippen LogP contribution >= 0.6 is 0 Å². The van der Waals surface area contributed by atoms with Gasteiger partial charge in [0.15, 0.2) is 0 Å². The van der Waals surface area contributed by atoms with Crippen molar-refractivity contribution in [2.24, 2.45) is 0 Å². The van der Waals surface area contributed by atoms with Crippen LogP contribution in [0.4, 0.5) is 0 Å². The molecule has 0 fully saturated rings. The molecule has 0 saturated heterocycles. The van der Waals surface area contributed by atoms with Gasteiger partial charge in [0.05, 0.1) is 0 Å². The van der Waals surface area contributed by atoms with Crippen LogP contribution in [-0.4, -0.2) is 17.7 Å². The fourth-order valence-corrected chi connectivity index (χ4v) is 0.944. The number of rotatable bonds is 3. The van der Waals surface area contributed by atoms with Crippen LogP contribution in [0.5, 0.6) is 0 Å². The van der Waals surface area contributed by atoms with Crippen molar-refractivity contribution in [3.8, 4) is 0 Å². The van der Waals surface area contributed by atoms with Crippen molar-refractivity contribution in [3.05, 3.63) is 42.0 Å². The van der Waals surface area contributed by atoms with Crippen molar-refractivity contribution in [2.75, 3.05) is 6.73 Å². The first-order valence-electron chi connectivity index (χ1n) is 3.89. The maximum atomic E-state index is 11.1. The maximum absolute atomic E-state index is 11.1. The number of carbonyl (C=O) groups excluding carboxylic acids is 1. The molecule has 0 saturated carbocycles. The van der Waals surface area contributed by atoms with Gasteiger partial charge in [-0.15, -0.1) is 0 Å². The molecule has 3 heteroatoms. The van der Waals surface area contributed by atoms with Gasteiger partial charge >= 0.3 is 0 Å². The number of hydrogen-bond acceptors (Lipinski definition) is 2. The van der Waals surface area contributed by atoms with Gasteiger partial charge in [0.25, 0.3) is 5.91 Å². The van der Waals surface area contributed by atoms with Crippen LogP contribution in [0.1, 0.15) is 15.9 Å². The van der Waals surface area contributed by atoms with Crippen molar-refractivity contribution in [3.63, 3.8) is 0 Å². The van der Waals surface area contributed by atoms with Crippen molar-refractivity contribution in [1.29, 1.82) is 0 Å². The molecule has 13 heavy (non-hydrogen) atoms. The molecule has 0 aliphatic rings. The van der Waals surface area contributed by atoms with Crippen LogP contribution in [0.15, 0.2) is 30.8 Å². The van der Waals surface area contributed by atoms with E-state index >= 15 is 0 Å². The van der Waals surface area contributed by atoms with Gasteiger partial charge in [-0.2, -0.15) is 0 Å². The van der Waals surface area contributed by atoms with E-state index in [2.05, 4.69) is 11.9 Å². The molecule has 1 rings (SSSR count). The second kappa shape index (κ2) is 4.42. The van der Waals surface area contributed by atoms with E-state index < -0.39 is 0 Å². The average Bonchev–Trinajstić information content (AvgIpc) is 2.18. The normalized spacial score (nSPS) is 9.31. The Morgan fingerprint density at radius 3 is 2.54 bits per heavy atom. The molecule has 68 valence electrons. The zero-order chi connectivity index (χ0) is 9.68. The molecule has 1 amide bonds. The summed E-state index contributed by atoms with van der Waals surface area (Å²) >= 11 is 0. The molecule has 0 aliphatic carbocycles. The van der Waals surface area contributed by atoms with E-state index in [-0.39, 0.29) is 12.6 Å². The standard InChI is InChI=1S/C10H11NO2/c1-2-8-3-5-9(6-4-8)10(13)11-7-12/h2-6,12H,1,7H2,(H,11,13). The second-order valence-corrected chi connectivity index (χ2v) is 2.49. The fourth-order valence-electron chi connectivity index (χ4n) is 0.944. The van der Waals surface area contributed by atoms with E-state index in [1.165, 1.54) is 0 Å². The Kier molecular flexibility index (Phi) is 3.23. The third-order valence-electron chi connectivity index (χ3n) is 1.65. The first kappa shape index (κ1) is 9.48. The summed E-state index contributed by atoms with van der Waals surface area (Å²) in [6.45, 7) is 3.26. The molecule has 1 aromatic carbocycles. The number of amides is 1. The highest BCUT2D eigenvalue weighted by atomic mass is 16.3. The minimum atomic E-state index is -0.345. The average molecular weight is 177 g/mol. The summed E-state index contributed by atoms with van der Waals surface area (Å²) in [4.78, 5) is 11.1. The molecule has 0 radical (unpaired) electrons. The number of hydrogen-bond donors (Lipinski definition) is 2. The van der Waals surface area contributed by atoms with E-state index in [0.717, 1.165) is 5.56 Å². The van der Waals surface area contributed by atoms with Gasteiger partial charge in [-0.1, -0.05) is 24.8 Å². The molecule has 0 heterocycles. The lowest BCUT2D eigenvalue weighted by atomic mass is 10.1. The fraction of sp³-hybridized carbons (Fsp3) is 0.100. The predicted molar refractivity (Wildman–Crippen MR) is 51.1 cm³/mol. The van der Waals surface area contributed by atoms with Crippen LogP contribution in [0, 0.1) is 0 Å². The summed E-state index contributed by atoms with van der Waals surface area (Å²) in [6.07, 6.45) is 1.70. The van der Waals surface area contributed by atoms with Crippen molar-refractivity contribution >= 4 is 12.0 Å². The molecule has 0 bridgehead atoms. The van der Waals surface area contributed by atoms with Crippen LogP contribution in [0.25, 0.3) is 6.08 Å². The van der Waals surface area contributed by atoms with E-state index in [9.17, 15) is 4.79 Å². The van der Waals surface area contributed by atoms with Crippen LogP contribution in [0.2, 0.25) is 0 Å². The lowest BCUT2D eigenvalue weighted by Gasteiger charge is -2.01. The highest BCUT2D eigenvalue weighted by molar-refractivity contribution is 5.94. The van der Waals surface area contributed by atoms with Gasteiger partial charge in [0.1, 0.15) is 6.73 Å². The van der Waals surface area contributed by atoms with E-state index in [1.807, 2.05) is 0 Å². The number of benzene rings is 1. The second-order valence-electron chi connectivity index (χ2n) is 2.49. The summed E-state index contributed by atoms with van der Waals surface area (Å²) in [5, 5.41) is 10.7. The molecule has 0 aromatic heterocycles. The van der Waals surface area contributed by atoms with Crippen LogP contribution in [-0.2, 0) is 0 Å². The monoisotopic (exact) mass is 177 g/mol. The quantitative estimate of drug-likeness (QED) is 0.677. The molecule has 3 nitrogen and oxygen atoms in total. The Morgan fingerprint density at radius 1 is 1.46 bits per heavy atom. The first-order chi connectivity index (χ1) is 6.27.